The molecule has 0 N–H and O–H groups in total. The first-order valence-corrected chi connectivity index (χ1v) is 7.60. The Kier molecular flexibility index (Phi) is 4.59. The van der Waals surface area contributed by atoms with Crippen LogP contribution < -0.4 is 0 Å². The highest BCUT2D eigenvalue weighted by atomic mass is 35.5. The van der Waals surface area contributed by atoms with Gasteiger partial charge in [0.25, 0.3) is 15.3 Å². The van der Waals surface area contributed by atoms with E-state index in [9.17, 15) is 13.6 Å². The molecule has 0 bridgehead atoms. The number of benzene rings is 1. The van der Waals surface area contributed by atoms with Crippen LogP contribution >= 0.6 is 34.8 Å². The van der Waals surface area contributed by atoms with Gasteiger partial charge in [-0.1, -0.05) is 34.8 Å². The molecule has 1 unspecified atom stereocenters. The highest BCUT2D eigenvalue weighted by Crippen LogP contribution is 2.34. The van der Waals surface area contributed by atoms with Gasteiger partial charge in [0, 0.05) is 11.6 Å². The van der Waals surface area contributed by atoms with Gasteiger partial charge in [-0.05, 0) is 24.3 Å². The van der Waals surface area contributed by atoms with E-state index in [1.54, 1.807) is 0 Å². The van der Waals surface area contributed by atoms with Crippen LogP contribution in [0, 0.1) is 5.21 Å². The van der Waals surface area contributed by atoms with Gasteiger partial charge >= 0.3 is 0 Å². The quantitative estimate of drug-likeness (QED) is 0.354. The Morgan fingerprint density at radius 2 is 1.75 bits per heavy atom. The van der Waals surface area contributed by atoms with E-state index in [0.29, 0.717) is 5.56 Å². The molecule has 4 nitrogen and oxygen atoms in total. The second-order valence-corrected chi connectivity index (χ2v) is 6.13. The summed E-state index contributed by atoms with van der Waals surface area (Å²) in [6.45, 7) is -0.262. The fourth-order valence-corrected chi connectivity index (χ4v) is 3.02. The summed E-state index contributed by atoms with van der Waals surface area (Å²) in [6.07, 6.45) is 5.39. The molecule has 0 radical (unpaired) electrons. The minimum absolute atomic E-state index is 0.145. The predicted molar refractivity (Wildman–Crippen MR) is 81.0 cm³/mol. The lowest BCUT2D eigenvalue weighted by atomic mass is 10.2. The third-order valence-electron chi connectivity index (χ3n) is 2.75. The third kappa shape index (κ3) is 2.93. The van der Waals surface area contributed by atoms with E-state index in [1.165, 1.54) is 36.6 Å². The average Bonchev–Trinajstić information content (AvgIpc) is 2.39. The van der Waals surface area contributed by atoms with Gasteiger partial charge in [0.1, 0.15) is 12.7 Å². The molecular weight excluding hydrogens is 345 g/mol. The monoisotopic (exact) mass is 351 g/mol. The molecule has 0 fully saturated rings. The molecule has 0 saturated carbocycles. The molecule has 0 saturated heterocycles. The number of hydrogen-bond acceptors (Lipinski definition) is 3. The molecule has 1 atom stereocenters. The minimum atomic E-state index is -2.64. The molecular formula is C12H8Cl3NO3S. The molecule has 0 aromatic heterocycles. The lowest BCUT2D eigenvalue weighted by molar-refractivity contribution is -0.744. The fourth-order valence-electron chi connectivity index (χ4n) is 1.79. The van der Waals surface area contributed by atoms with Crippen molar-refractivity contribution in [1.82, 2.24) is 0 Å². The number of hydroxylamine groups is 3. The topological polar surface area (TPSA) is 57.2 Å². The molecule has 1 heterocycles. The van der Waals surface area contributed by atoms with E-state index in [1.807, 2.05) is 0 Å². The molecule has 106 valence electrons. The standard InChI is InChI=1S/C12H8Cl3NO3S/c13-9-4-5-10(14)12(15)8(9)7-16(17)6-2-1-3-11(16)20(18)19/h1-6H,7H2. The Bertz CT molecular complexity index is 747. The number of hydrogen-bond donors (Lipinski definition) is 0. The van der Waals surface area contributed by atoms with Crippen LogP contribution in [0.1, 0.15) is 5.56 Å². The van der Waals surface area contributed by atoms with E-state index in [2.05, 4.69) is 0 Å². The molecule has 2 rings (SSSR count). The van der Waals surface area contributed by atoms with Crippen LogP contribution in [0.2, 0.25) is 15.1 Å². The second-order valence-electron chi connectivity index (χ2n) is 4.05. The van der Waals surface area contributed by atoms with Gasteiger partial charge in [-0.2, -0.15) is 8.42 Å². The van der Waals surface area contributed by atoms with Crippen molar-refractivity contribution in [3.05, 3.63) is 62.4 Å². The fraction of sp³-hybridized carbons (Fsp3) is 0.0833. The summed E-state index contributed by atoms with van der Waals surface area (Å²) in [6, 6.07) is 3.02. The average molecular weight is 353 g/mol. The van der Waals surface area contributed by atoms with Crippen LogP contribution in [0.5, 0.6) is 0 Å². The van der Waals surface area contributed by atoms with Crippen molar-refractivity contribution in [3.63, 3.8) is 0 Å². The zero-order valence-electron chi connectivity index (χ0n) is 9.89. The molecule has 1 aliphatic rings. The molecule has 1 aromatic carbocycles. The molecule has 0 spiro atoms. The maximum Gasteiger partial charge on any atom is 0.277 e. The maximum absolute atomic E-state index is 12.7. The summed E-state index contributed by atoms with van der Waals surface area (Å²) in [5.41, 5.74) is 0.304. The van der Waals surface area contributed by atoms with Gasteiger partial charge in [0.15, 0.2) is 0 Å². The van der Waals surface area contributed by atoms with Gasteiger partial charge in [0.05, 0.1) is 15.1 Å². The number of allylic oxidation sites excluding steroid dienone is 2. The van der Waals surface area contributed by atoms with Crippen molar-refractivity contribution in [2.75, 3.05) is 0 Å². The molecule has 0 aliphatic carbocycles. The zero-order chi connectivity index (χ0) is 14.9. The van der Waals surface area contributed by atoms with Crippen molar-refractivity contribution < 1.29 is 13.1 Å². The van der Waals surface area contributed by atoms with Crippen LogP contribution in [0.4, 0.5) is 0 Å². The number of nitrogens with zero attached hydrogens (tertiary/aromatic N) is 1. The molecule has 1 aliphatic heterocycles. The summed E-state index contributed by atoms with van der Waals surface area (Å²) in [5.74, 6) is 0. The van der Waals surface area contributed by atoms with Gasteiger partial charge in [-0.3, -0.25) is 4.65 Å². The Morgan fingerprint density at radius 3 is 2.40 bits per heavy atom. The Balaban J connectivity index is 2.54. The Hall–Kier alpha value is -0.820. The first-order valence-electron chi connectivity index (χ1n) is 5.39. The van der Waals surface area contributed by atoms with Crippen LogP contribution in [-0.4, -0.2) is 18.1 Å². The van der Waals surface area contributed by atoms with Crippen molar-refractivity contribution in [1.29, 1.82) is 0 Å². The van der Waals surface area contributed by atoms with Gasteiger partial charge in [-0.15, -0.1) is 0 Å². The smallest absolute Gasteiger partial charge is 0.277 e. The van der Waals surface area contributed by atoms with E-state index in [-0.39, 0.29) is 26.6 Å². The van der Waals surface area contributed by atoms with Crippen molar-refractivity contribution in [2.24, 2.45) is 0 Å². The number of quaternary nitrogens is 1. The van der Waals surface area contributed by atoms with Gasteiger partial charge in [0.2, 0.25) is 0 Å². The van der Waals surface area contributed by atoms with Crippen molar-refractivity contribution >= 4 is 50.1 Å². The van der Waals surface area contributed by atoms with E-state index in [4.69, 9.17) is 34.8 Å². The van der Waals surface area contributed by atoms with Crippen LogP contribution in [0.25, 0.3) is 0 Å². The van der Waals surface area contributed by atoms with Crippen LogP contribution in [-0.2, 0) is 16.8 Å². The largest absolute Gasteiger partial charge is 0.621 e. The van der Waals surface area contributed by atoms with E-state index in [0.717, 1.165) is 0 Å². The summed E-state index contributed by atoms with van der Waals surface area (Å²) in [5, 5.41) is 13.3. The first kappa shape index (κ1) is 15.6. The summed E-state index contributed by atoms with van der Waals surface area (Å²) >= 11 is 17.9. The maximum atomic E-state index is 12.7. The highest BCUT2D eigenvalue weighted by Gasteiger charge is 2.27. The molecule has 8 heteroatoms. The lowest BCUT2D eigenvalue weighted by Gasteiger charge is -2.38. The second kappa shape index (κ2) is 5.89. The molecule has 1 aromatic rings. The third-order valence-corrected chi connectivity index (χ3v) is 4.74. The summed E-state index contributed by atoms with van der Waals surface area (Å²) in [4.78, 5) is -0.320. The van der Waals surface area contributed by atoms with Crippen LogP contribution in [0.3, 0.4) is 0 Å². The van der Waals surface area contributed by atoms with Gasteiger partial charge in [-0.25, -0.2) is 0 Å². The normalized spacial score (nSPS) is 21.3. The molecule has 20 heavy (non-hydrogen) atoms. The van der Waals surface area contributed by atoms with E-state index >= 15 is 0 Å². The van der Waals surface area contributed by atoms with Gasteiger partial charge < -0.3 is 5.21 Å². The Labute approximate surface area is 132 Å². The minimum Gasteiger partial charge on any atom is -0.621 e. The lowest BCUT2D eigenvalue weighted by Crippen LogP contribution is -2.42. The predicted octanol–water partition coefficient (Wildman–Crippen LogP) is 3.55. The van der Waals surface area contributed by atoms with Crippen molar-refractivity contribution in [2.45, 2.75) is 6.54 Å². The highest BCUT2D eigenvalue weighted by molar-refractivity contribution is 7.72. The van der Waals surface area contributed by atoms with E-state index < -0.39 is 14.9 Å². The number of halogens is 3. The SMILES string of the molecule is O=S(=O)=C1C=CC=C[N+]1([O-])Cc1c(Cl)ccc(Cl)c1Cl. The van der Waals surface area contributed by atoms with Crippen LogP contribution in [0.15, 0.2) is 36.6 Å². The number of rotatable bonds is 2. The molecule has 0 amide bonds. The Morgan fingerprint density at radius 1 is 1.10 bits per heavy atom. The summed E-state index contributed by atoms with van der Waals surface area (Å²) in [7, 11) is -2.64. The van der Waals surface area contributed by atoms with Crippen molar-refractivity contribution in [3.8, 4) is 0 Å². The first-order chi connectivity index (χ1) is 9.35. The summed E-state index contributed by atoms with van der Waals surface area (Å²) < 4.78 is 21.1. The zero-order valence-corrected chi connectivity index (χ0v) is 13.0.